The van der Waals surface area contributed by atoms with Crippen LogP contribution in [0, 0.1) is 11.8 Å². The van der Waals surface area contributed by atoms with Crippen LogP contribution in [-0.4, -0.2) is 30.3 Å². The second kappa shape index (κ2) is 7.04. The van der Waals surface area contributed by atoms with E-state index in [1.807, 2.05) is 18.2 Å². The highest BCUT2D eigenvalue weighted by Crippen LogP contribution is 2.44. The van der Waals surface area contributed by atoms with E-state index in [0.29, 0.717) is 17.2 Å². The first-order chi connectivity index (χ1) is 13.6. The number of hydrogen-bond donors (Lipinski definition) is 1. The number of benzene rings is 2. The Morgan fingerprint density at radius 1 is 0.964 bits per heavy atom. The molecule has 2 bridgehead atoms. The molecule has 0 radical (unpaired) electrons. The van der Waals surface area contributed by atoms with E-state index in [4.69, 9.17) is 5.73 Å². The number of anilines is 1. The van der Waals surface area contributed by atoms with Crippen LogP contribution >= 0.6 is 0 Å². The molecule has 2 N–H and O–H groups in total. The number of hydrogen-bond acceptors (Lipinski definition) is 3. The van der Waals surface area contributed by atoms with E-state index in [1.165, 1.54) is 57.3 Å². The molecule has 0 aromatic heterocycles. The predicted octanol–water partition coefficient (Wildman–Crippen LogP) is 5.10. The van der Waals surface area contributed by atoms with Crippen molar-refractivity contribution in [3.05, 3.63) is 53.1 Å². The zero-order valence-corrected chi connectivity index (χ0v) is 16.8. The summed E-state index contributed by atoms with van der Waals surface area (Å²) in [6, 6.07) is 12.4. The summed E-state index contributed by atoms with van der Waals surface area (Å²) in [5.74, 6) is 2.13. The van der Waals surface area contributed by atoms with Gasteiger partial charge >= 0.3 is 0 Å². The van der Waals surface area contributed by atoms with Crippen LogP contribution in [-0.2, 0) is 0 Å². The number of nitrogens with two attached hydrogens (primary N) is 1. The van der Waals surface area contributed by atoms with Gasteiger partial charge < -0.3 is 10.6 Å². The van der Waals surface area contributed by atoms with Crippen molar-refractivity contribution in [2.45, 2.75) is 44.9 Å². The van der Waals surface area contributed by atoms with Gasteiger partial charge in [-0.1, -0.05) is 31.2 Å². The first-order valence-electron chi connectivity index (χ1n) is 10.9. The van der Waals surface area contributed by atoms with Gasteiger partial charge in [0.1, 0.15) is 0 Å². The van der Waals surface area contributed by atoms with E-state index >= 15 is 0 Å². The summed E-state index contributed by atoms with van der Waals surface area (Å²) in [4.78, 5) is 15.7. The Morgan fingerprint density at radius 2 is 1.79 bits per heavy atom. The van der Waals surface area contributed by atoms with E-state index in [9.17, 15) is 4.79 Å². The SMILES string of the molecule is C[C@@H](c1ccc2c(c1)C(=O)c1c(N)cccc1-2)C1CCCN2CCCC1CC2. The van der Waals surface area contributed by atoms with Gasteiger partial charge in [-0.2, -0.15) is 0 Å². The number of nitrogen functional groups attached to an aromatic ring is 1. The Kier molecular flexibility index (Phi) is 4.51. The maximum Gasteiger partial charge on any atom is 0.196 e. The number of carbonyl (C=O) groups is 1. The lowest BCUT2D eigenvalue weighted by Crippen LogP contribution is -2.30. The van der Waals surface area contributed by atoms with Crippen molar-refractivity contribution in [1.29, 1.82) is 0 Å². The molecule has 1 aliphatic carbocycles. The molecule has 3 aliphatic rings. The summed E-state index contributed by atoms with van der Waals surface area (Å²) in [6.45, 7) is 6.20. The van der Waals surface area contributed by atoms with Gasteiger partial charge in [0.25, 0.3) is 0 Å². The molecule has 146 valence electrons. The molecule has 2 heterocycles. The lowest BCUT2D eigenvalue weighted by atomic mass is 9.73. The Labute approximate surface area is 167 Å². The van der Waals surface area contributed by atoms with Gasteiger partial charge in [0, 0.05) is 11.3 Å². The molecule has 5 rings (SSSR count). The van der Waals surface area contributed by atoms with Crippen LogP contribution in [0.5, 0.6) is 0 Å². The van der Waals surface area contributed by atoms with Gasteiger partial charge in [-0.15, -0.1) is 0 Å². The Hall–Kier alpha value is -2.13. The number of carbonyl (C=O) groups excluding carboxylic acids is 1. The standard InChI is InChI=1S/C25H30N2O/c1-16(19-7-4-13-27-12-3-5-17(19)11-14-27)18-9-10-20-21-6-2-8-23(26)24(21)25(28)22(20)15-18/h2,6,8-10,15-17,19H,3-5,7,11-14,26H2,1H3/t16-,17?,19?/m0/s1. The van der Waals surface area contributed by atoms with Crippen molar-refractivity contribution in [2.24, 2.45) is 11.8 Å². The molecule has 2 aromatic rings. The fourth-order valence-electron chi connectivity index (χ4n) is 5.98. The molecule has 2 fully saturated rings. The summed E-state index contributed by atoms with van der Waals surface area (Å²) in [7, 11) is 0. The van der Waals surface area contributed by atoms with Gasteiger partial charge in [-0.3, -0.25) is 4.79 Å². The third-order valence-corrected chi connectivity index (χ3v) is 7.55. The maximum absolute atomic E-state index is 13.0. The summed E-state index contributed by atoms with van der Waals surface area (Å²) < 4.78 is 0. The third kappa shape index (κ3) is 2.88. The van der Waals surface area contributed by atoms with Crippen LogP contribution in [0.15, 0.2) is 36.4 Å². The molecule has 2 saturated heterocycles. The topological polar surface area (TPSA) is 46.3 Å². The highest BCUT2D eigenvalue weighted by Gasteiger charge is 2.33. The smallest absolute Gasteiger partial charge is 0.196 e. The predicted molar refractivity (Wildman–Crippen MR) is 115 cm³/mol. The summed E-state index contributed by atoms with van der Waals surface area (Å²) in [5.41, 5.74) is 11.6. The van der Waals surface area contributed by atoms with Crippen molar-refractivity contribution >= 4 is 11.5 Å². The average Bonchev–Trinajstić information content (AvgIpc) is 2.84. The summed E-state index contributed by atoms with van der Waals surface area (Å²) in [5, 5.41) is 0. The number of rotatable bonds is 2. The van der Waals surface area contributed by atoms with Crippen LogP contribution in [0.25, 0.3) is 11.1 Å². The van der Waals surface area contributed by atoms with Crippen molar-refractivity contribution in [1.82, 2.24) is 4.90 Å². The zero-order chi connectivity index (χ0) is 19.3. The highest BCUT2D eigenvalue weighted by molar-refractivity contribution is 6.24. The molecule has 2 aromatic carbocycles. The van der Waals surface area contributed by atoms with Crippen LogP contribution in [0.3, 0.4) is 0 Å². The molecule has 28 heavy (non-hydrogen) atoms. The van der Waals surface area contributed by atoms with Crippen LogP contribution in [0.2, 0.25) is 0 Å². The molecule has 0 amide bonds. The lowest BCUT2D eigenvalue weighted by Gasteiger charge is -2.34. The molecular weight excluding hydrogens is 344 g/mol. The minimum atomic E-state index is 0.0972. The zero-order valence-electron chi connectivity index (χ0n) is 16.8. The van der Waals surface area contributed by atoms with Crippen LogP contribution in [0.1, 0.15) is 66.4 Å². The molecule has 2 aliphatic heterocycles. The first-order valence-corrected chi connectivity index (χ1v) is 10.9. The van der Waals surface area contributed by atoms with Gasteiger partial charge in [-0.25, -0.2) is 0 Å². The lowest BCUT2D eigenvalue weighted by molar-refractivity contribution is 0.104. The van der Waals surface area contributed by atoms with Gasteiger partial charge in [0.2, 0.25) is 0 Å². The Bertz CT molecular complexity index is 919. The number of nitrogens with zero attached hydrogens (tertiary/aromatic N) is 1. The fourth-order valence-corrected chi connectivity index (χ4v) is 5.98. The van der Waals surface area contributed by atoms with Gasteiger partial charge in [-0.05, 0) is 98.3 Å². The van der Waals surface area contributed by atoms with Gasteiger partial charge in [0.05, 0.1) is 5.56 Å². The molecular formula is C25H30N2O. The van der Waals surface area contributed by atoms with Crippen molar-refractivity contribution in [2.75, 3.05) is 25.4 Å². The largest absolute Gasteiger partial charge is 0.398 e. The molecule has 4 atom stereocenters. The van der Waals surface area contributed by atoms with Crippen molar-refractivity contribution in [3.8, 4) is 11.1 Å². The molecule has 0 spiro atoms. The number of ketones is 1. The maximum atomic E-state index is 13.0. The minimum absolute atomic E-state index is 0.0972. The fraction of sp³-hybridized carbons (Fsp3) is 0.480. The minimum Gasteiger partial charge on any atom is -0.398 e. The second-order valence-electron chi connectivity index (χ2n) is 9.03. The summed E-state index contributed by atoms with van der Waals surface area (Å²) >= 11 is 0. The molecule has 0 saturated carbocycles. The monoisotopic (exact) mass is 374 g/mol. The normalized spacial score (nSPS) is 27.5. The van der Waals surface area contributed by atoms with Gasteiger partial charge in [0.15, 0.2) is 5.78 Å². The van der Waals surface area contributed by atoms with E-state index in [0.717, 1.165) is 28.5 Å². The molecule has 3 nitrogen and oxygen atoms in total. The molecule has 3 unspecified atom stereocenters. The average molecular weight is 375 g/mol. The van der Waals surface area contributed by atoms with Crippen LogP contribution in [0.4, 0.5) is 5.69 Å². The highest BCUT2D eigenvalue weighted by atomic mass is 16.1. The number of fused-ring (bicyclic) bond motifs is 6. The van der Waals surface area contributed by atoms with E-state index < -0.39 is 0 Å². The van der Waals surface area contributed by atoms with E-state index in [2.05, 4.69) is 30.0 Å². The van der Waals surface area contributed by atoms with Crippen LogP contribution < -0.4 is 5.73 Å². The summed E-state index contributed by atoms with van der Waals surface area (Å²) in [6.07, 6.45) is 6.64. The quantitative estimate of drug-likeness (QED) is 0.635. The van der Waals surface area contributed by atoms with E-state index in [-0.39, 0.29) is 5.78 Å². The Morgan fingerprint density at radius 3 is 2.64 bits per heavy atom. The third-order valence-electron chi connectivity index (χ3n) is 7.55. The van der Waals surface area contributed by atoms with Crippen molar-refractivity contribution < 1.29 is 4.79 Å². The second-order valence-corrected chi connectivity index (χ2v) is 9.03. The first kappa shape index (κ1) is 17.9. The Balaban J connectivity index is 1.47. The van der Waals surface area contributed by atoms with Crippen molar-refractivity contribution in [3.63, 3.8) is 0 Å². The van der Waals surface area contributed by atoms with E-state index in [1.54, 1.807) is 0 Å². The molecule has 3 heteroatoms.